The molecule has 1 aliphatic rings. The van der Waals surface area contributed by atoms with Gasteiger partial charge in [-0.05, 0) is 42.0 Å². The number of aryl methyl sites for hydroxylation is 1. The summed E-state index contributed by atoms with van der Waals surface area (Å²) in [7, 11) is -3.80. The molecule has 0 N–H and O–H groups in total. The Balaban J connectivity index is 1.48. The van der Waals surface area contributed by atoms with Crippen LogP contribution in [-0.4, -0.2) is 44.0 Å². The molecule has 7 heteroatoms. The summed E-state index contributed by atoms with van der Waals surface area (Å²) in [6, 6.07) is 36.9. The number of hydrogen-bond acceptors (Lipinski definition) is 6. The van der Waals surface area contributed by atoms with E-state index in [9.17, 15) is 8.42 Å². The van der Waals surface area contributed by atoms with Gasteiger partial charge < -0.3 is 14.2 Å². The number of sulfone groups is 1. The van der Waals surface area contributed by atoms with Crippen LogP contribution in [0.3, 0.4) is 0 Å². The van der Waals surface area contributed by atoms with Gasteiger partial charge in [0, 0.05) is 11.7 Å². The van der Waals surface area contributed by atoms with E-state index in [1.54, 1.807) is 12.1 Å². The van der Waals surface area contributed by atoms with Crippen LogP contribution in [-0.2, 0) is 43.9 Å². The summed E-state index contributed by atoms with van der Waals surface area (Å²) in [5.74, 6) is -0.0310. The largest absolute Gasteiger partial charge is 0.374 e. The molecule has 4 aromatic rings. The molecule has 0 aromatic heterocycles. The van der Waals surface area contributed by atoms with Crippen molar-refractivity contribution in [2.24, 2.45) is 5.92 Å². The van der Waals surface area contributed by atoms with E-state index in [-0.39, 0.29) is 6.61 Å². The maximum atomic E-state index is 14.5. The van der Waals surface area contributed by atoms with Crippen molar-refractivity contribution in [3.63, 3.8) is 0 Å². The zero-order valence-electron chi connectivity index (χ0n) is 24.1. The van der Waals surface area contributed by atoms with E-state index in [0.717, 1.165) is 22.3 Å². The molecule has 0 spiro atoms. The Hall–Kier alpha value is -2.94. The van der Waals surface area contributed by atoms with Gasteiger partial charge in [-0.15, -0.1) is 0 Å². The second-order valence-electron chi connectivity index (χ2n) is 10.8. The highest BCUT2D eigenvalue weighted by atomic mass is 32.2. The molecule has 5 rings (SSSR count). The van der Waals surface area contributed by atoms with E-state index in [1.807, 2.05) is 116 Å². The van der Waals surface area contributed by atoms with Gasteiger partial charge in [0.2, 0.25) is 0 Å². The fourth-order valence-electron chi connectivity index (χ4n) is 5.58. The average Bonchev–Trinajstić information content (AvgIpc) is 3.68. The molecule has 1 unspecified atom stereocenters. The molecule has 4 aromatic carbocycles. The minimum absolute atomic E-state index is 0.247. The molecule has 0 heterocycles. The van der Waals surface area contributed by atoms with Gasteiger partial charge in [-0.2, -0.15) is 11.8 Å². The normalized spacial score (nSPS) is 20.7. The first-order chi connectivity index (χ1) is 20.5. The summed E-state index contributed by atoms with van der Waals surface area (Å²) in [6.45, 7) is 3.28. The van der Waals surface area contributed by atoms with Crippen molar-refractivity contribution in [2.45, 2.75) is 48.6 Å². The van der Waals surface area contributed by atoms with Crippen molar-refractivity contribution in [1.82, 2.24) is 0 Å². The standard InChI is InChI=1S/C35H38O5S2/c1-27-18-20-31(21-19-27)42(36,37)35(26-41-2)33(34(35)40-24-30-16-10-5-11-17-30)32(39-23-29-14-8-4-9-15-29)25-38-22-28-12-6-3-7-13-28/h3-21,32-34H,22-26H2,1-2H3/t32?,33-,34+,35+/m0/s1. The number of thioether (sulfide) groups is 1. The van der Waals surface area contributed by atoms with Crippen LogP contribution in [0.5, 0.6) is 0 Å². The Morgan fingerprint density at radius 3 is 1.81 bits per heavy atom. The lowest BCUT2D eigenvalue weighted by Crippen LogP contribution is -2.36. The lowest BCUT2D eigenvalue weighted by atomic mass is 10.2. The van der Waals surface area contributed by atoms with E-state index in [4.69, 9.17) is 14.2 Å². The molecule has 0 amide bonds. The first-order valence-corrected chi connectivity index (χ1v) is 17.1. The van der Waals surface area contributed by atoms with Gasteiger partial charge in [0.25, 0.3) is 0 Å². The van der Waals surface area contributed by atoms with Crippen LogP contribution in [0, 0.1) is 12.8 Å². The highest BCUT2D eigenvalue weighted by Gasteiger charge is 2.76. The molecule has 5 nitrogen and oxygen atoms in total. The smallest absolute Gasteiger partial charge is 0.187 e. The Bertz CT molecular complexity index is 1500. The summed E-state index contributed by atoms with van der Waals surface area (Å²) < 4.78 is 47.2. The first-order valence-electron chi connectivity index (χ1n) is 14.2. The van der Waals surface area contributed by atoms with E-state index in [0.29, 0.717) is 30.5 Å². The fraction of sp³-hybridized carbons (Fsp3) is 0.314. The van der Waals surface area contributed by atoms with Crippen LogP contribution in [0.1, 0.15) is 22.3 Å². The third-order valence-corrected chi connectivity index (χ3v) is 11.3. The molecule has 0 radical (unpaired) electrons. The monoisotopic (exact) mass is 602 g/mol. The van der Waals surface area contributed by atoms with Crippen molar-refractivity contribution >= 4 is 21.6 Å². The van der Waals surface area contributed by atoms with E-state index < -0.39 is 32.7 Å². The number of hydrogen-bond donors (Lipinski definition) is 0. The number of benzene rings is 4. The second-order valence-corrected chi connectivity index (χ2v) is 13.9. The zero-order valence-corrected chi connectivity index (χ0v) is 25.7. The summed E-state index contributed by atoms with van der Waals surface area (Å²) in [6.07, 6.45) is 0.890. The third kappa shape index (κ3) is 6.82. The van der Waals surface area contributed by atoms with Crippen LogP contribution >= 0.6 is 11.8 Å². The van der Waals surface area contributed by atoms with E-state index >= 15 is 0 Å². The van der Waals surface area contributed by atoms with E-state index in [2.05, 4.69) is 0 Å². The third-order valence-electron chi connectivity index (χ3n) is 7.84. The lowest BCUT2D eigenvalue weighted by molar-refractivity contribution is -0.0520. The summed E-state index contributed by atoms with van der Waals surface area (Å²) in [4.78, 5) is 0.310. The van der Waals surface area contributed by atoms with Gasteiger partial charge in [0.15, 0.2) is 9.84 Å². The molecule has 220 valence electrons. The van der Waals surface area contributed by atoms with Crippen molar-refractivity contribution in [2.75, 3.05) is 18.6 Å². The van der Waals surface area contributed by atoms with Crippen LogP contribution < -0.4 is 0 Å². The van der Waals surface area contributed by atoms with Crippen molar-refractivity contribution < 1.29 is 22.6 Å². The summed E-state index contributed by atoms with van der Waals surface area (Å²) in [5, 5.41) is 0. The molecule has 1 fully saturated rings. The van der Waals surface area contributed by atoms with Crippen LogP contribution in [0.25, 0.3) is 0 Å². The predicted molar refractivity (Wildman–Crippen MR) is 169 cm³/mol. The van der Waals surface area contributed by atoms with Crippen LogP contribution in [0.2, 0.25) is 0 Å². The highest BCUT2D eigenvalue weighted by Crippen LogP contribution is 2.58. The van der Waals surface area contributed by atoms with E-state index in [1.165, 1.54) is 11.8 Å². The Labute approximate surface area is 254 Å². The Morgan fingerprint density at radius 1 is 0.738 bits per heavy atom. The van der Waals surface area contributed by atoms with Gasteiger partial charge in [0.1, 0.15) is 4.75 Å². The maximum Gasteiger partial charge on any atom is 0.187 e. The van der Waals surface area contributed by atoms with Crippen LogP contribution in [0.4, 0.5) is 0 Å². The quantitative estimate of drug-likeness (QED) is 0.148. The minimum atomic E-state index is -3.80. The SMILES string of the molecule is CSC[C@]1(S(=O)(=O)c2ccc(C)cc2)[C@H](OCc2ccccc2)[C@@H]1C(COCc1ccccc1)OCc1ccccc1. The molecule has 1 saturated carbocycles. The van der Waals surface area contributed by atoms with Gasteiger partial charge >= 0.3 is 0 Å². The highest BCUT2D eigenvalue weighted by molar-refractivity contribution is 8.00. The molecular weight excluding hydrogens is 565 g/mol. The number of ether oxygens (including phenoxy) is 3. The average molecular weight is 603 g/mol. The summed E-state index contributed by atoms with van der Waals surface area (Å²) in [5.41, 5.74) is 4.07. The zero-order chi connectivity index (χ0) is 29.4. The van der Waals surface area contributed by atoms with Crippen molar-refractivity contribution in [3.05, 3.63) is 138 Å². The number of rotatable bonds is 15. The van der Waals surface area contributed by atoms with Gasteiger partial charge in [0.05, 0.1) is 43.5 Å². The van der Waals surface area contributed by atoms with Crippen molar-refractivity contribution in [3.8, 4) is 0 Å². The maximum absolute atomic E-state index is 14.5. The lowest BCUT2D eigenvalue weighted by Gasteiger charge is -2.23. The first kappa shape index (κ1) is 30.5. The second kappa shape index (κ2) is 14.0. The molecule has 0 bridgehead atoms. The van der Waals surface area contributed by atoms with Crippen LogP contribution in [0.15, 0.2) is 120 Å². The topological polar surface area (TPSA) is 61.8 Å². The van der Waals surface area contributed by atoms with Gasteiger partial charge in [-0.3, -0.25) is 0 Å². The minimum Gasteiger partial charge on any atom is -0.374 e. The predicted octanol–water partition coefficient (Wildman–Crippen LogP) is 6.89. The molecule has 42 heavy (non-hydrogen) atoms. The fourth-order valence-corrected chi connectivity index (χ4v) is 9.38. The molecule has 4 atom stereocenters. The molecule has 0 aliphatic heterocycles. The summed E-state index contributed by atoms with van der Waals surface area (Å²) >= 11 is 1.52. The molecular formula is C35H38O5S2. The Morgan fingerprint density at radius 2 is 1.26 bits per heavy atom. The molecule has 1 aliphatic carbocycles. The molecule has 0 saturated heterocycles. The van der Waals surface area contributed by atoms with Crippen molar-refractivity contribution in [1.29, 1.82) is 0 Å². The Kier molecular flexibility index (Phi) is 10.2. The van der Waals surface area contributed by atoms with Gasteiger partial charge in [-0.25, -0.2) is 8.42 Å². The van der Waals surface area contributed by atoms with Gasteiger partial charge in [-0.1, -0.05) is 109 Å².